The number of hydrogen-bond donors (Lipinski definition) is 1. The lowest BCUT2D eigenvalue weighted by Gasteiger charge is -2.09. The molecule has 0 unspecified atom stereocenters. The molecule has 108 valence electrons. The van der Waals surface area contributed by atoms with E-state index in [9.17, 15) is 14.9 Å². The fourth-order valence-electron chi connectivity index (χ4n) is 1.63. The minimum Gasteiger partial charge on any atom is -0.478 e. The first-order valence-electron chi connectivity index (χ1n) is 5.71. The molecule has 8 heteroatoms. The van der Waals surface area contributed by atoms with Crippen molar-refractivity contribution in [2.75, 3.05) is 0 Å². The highest BCUT2D eigenvalue weighted by atomic mass is 35.5. The van der Waals surface area contributed by atoms with Gasteiger partial charge in [0, 0.05) is 12.3 Å². The summed E-state index contributed by atoms with van der Waals surface area (Å²) in [6.07, 6.45) is 1.06. The number of nitro benzene ring substituents is 1. The molecule has 0 spiro atoms. The maximum atomic E-state index is 11.0. The van der Waals surface area contributed by atoms with E-state index >= 15 is 0 Å². The zero-order valence-electron chi connectivity index (χ0n) is 10.7. The van der Waals surface area contributed by atoms with Gasteiger partial charge in [-0.1, -0.05) is 23.7 Å². The summed E-state index contributed by atoms with van der Waals surface area (Å²) in [5.74, 6) is -1.27. The van der Waals surface area contributed by atoms with Crippen LogP contribution in [-0.2, 0) is 0 Å². The summed E-state index contributed by atoms with van der Waals surface area (Å²) in [4.78, 5) is 25.0. The highest BCUT2D eigenvalue weighted by Crippen LogP contribution is 2.36. The number of hydrogen-bond acceptors (Lipinski definition) is 5. The zero-order chi connectivity index (χ0) is 15.6. The Kier molecular flexibility index (Phi) is 4.04. The molecule has 0 aliphatic carbocycles. The number of pyridine rings is 1. The number of rotatable bonds is 4. The molecule has 0 saturated carbocycles. The average molecular weight is 309 g/mol. The number of para-hydroxylation sites is 1. The van der Waals surface area contributed by atoms with Crippen molar-refractivity contribution < 1.29 is 19.6 Å². The van der Waals surface area contributed by atoms with Crippen molar-refractivity contribution >= 4 is 23.3 Å². The van der Waals surface area contributed by atoms with Gasteiger partial charge in [-0.3, -0.25) is 10.1 Å². The van der Waals surface area contributed by atoms with E-state index in [2.05, 4.69) is 4.98 Å². The molecular formula is C13H9ClN2O5. The number of halogens is 1. The summed E-state index contributed by atoms with van der Waals surface area (Å²) >= 11 is 5.89. The van der Waals surface area contributed by atoms with Gasteiger partial charge in [0.2, 0.25) is 11.6 Å². The summed E-state index contributed by atoms with van der Waals surface area (Å²) in [6, 6.07) is 5.63. The third-order valence-corrected chi connectivity index (χ3v) is 2.91. The van der Waals surface area contributed by atoms with Gasteiger partial charge in [-0.25, -0.2) is 9.78 Å². The zero-order valence-corrected chi connectivity index (χ0v) is 11.5. The van der Waals surface area contributed by atoms with Crippen LogP contribution in [0.4, 0.5) is 5.69 Å². The maximum absolute atomic E-state index is 11.0. The largest absolute Gasteiger partial charge is 0.478 e. The summed E-state index contributed by atoms with van der Waals surface area (Å²) in [6.45, 7) is 1.64. The second-order valence-corrected chi connectivity index (χ2v) is 4.51. The molecule has 0 aliphatic rings. The highest BCUT2D eigenvalue weighted by Gasteiger charge is 2.20. The lowest BCUT2D eigenvalue weighted by Crippen LogP contribution is -2.00. The number of benzene rings is 1. The summed E-state index contributed by atoms with van der Waals surface area (Å²) < 4.78 is 5.39. The van der Waals surface area contributed by atoms with Crippen LogP contribution >= 0.6 is 11.6 Å². The fourth-order valence-corrected chi connectivity index (χ4v) is 1.83. The van der Waals surface area contributed by atoms with Gasteiger partial charge in [0.15, 0.2) is 0 Å². The number of aryl methyl sites for hydroxylation is 1. The molecule has 7 nitrogen and oxygen atoms in total. The van der Waals surface area contributed by atoms with E-state index in [-0.39, 0.29) is 27.9 Å². The molecular weight excluding hydrogens is 300 g/mol. The summed E-state index contributed by atoms with van der Waals surface area (Å²) in [5.41, 5.74) is 0.200. The van der Waals surface area contributed by atoms with Gasteiger partial charge < -0.3 is 9.84 Å². The number of aromatic carboxylic acids is 1. The van der Waals surface area contributed by atoms with Crippen molar-refractivity contribution in [2.45, 2.75) is 6.92 Å². The highest BCUT2D eigenvalue weighted by molar-refractivity contribution is 6.32. The molecule has 2 rings (SSSR count). The van der Waals surface area contributed by atoms with Crippen LogP contribution in [0.15, 0.2) is 30.5 Å². The van der Waals surface area contributed by atoms with Crippen LogP contribution in [0.5, 0.6) is 11.6 Å². The first kappa shape index (κ1) is 14.7. The van der Waals surface area contributed by atoms with E-state index in [0.717, 1.165) is 12.3 Å². The molecule has 2 aromatic rings. The minimum atomic E-state index is -1.18. The van der Waals surface area contributed by atoms with E-state index in [4.69, 9.17) is 21.4 Å². The molecule has 1 aromatic carbocycles. The summed E-state index contributed by atoms with van der Waals surface area (Å²) in [7, 11) is 0. The fraction of sp³-hybridized carbons (Fsp3) is 0.0769. The Morgan fingerprint density at radius 3 is 2.76 bits per heavy atom. The molecule has 1 aromatic heterocycles. The Balaban J connectivity index is 2.44. The Bertz CT molecular complexity index is 732. The van der Waals surface area contributed by atoms with Gasteiger partial charge in [-0.05, 0) is 18.6 Å². The first-order valence-corrected chi connectivity index (χ1v) is 6.08. The van der Waals surface area contributed by atoms with Gasteiger partial charge in [-0.15, -0.1) is 0 Å². The molecule has 1 heterocycles. The maximum Gasteiger partial charge on any atom is 0.337 e. The molecule has 0 amide bonds. The SMILES string of the molecule is Cc1cccc([N+](=O)[O-])c1Oc1ncc(C(=O)O)cc1Cl. The molecule has 1 N–H and O–H groups in total. The number of ether oxygens (including phenoxy) is 1. The van der Waals surface area contributed by atoms with Crippen molar-refractivity contribution in [3.05, 3.63) is 56.7 Å². The molecule has 0 radical (unpaired) electrons. The smallest absolute Gasteiger partial charge is 0.337 e. The van der Waals surface area contributed by atoms with Crippen LogP contribution in [0.25, 0.3) is 0 Å². The third kappa shape index (κ3) is 3.09. The number of nitro groups is 1. The summed E-state index contributed by atoms with van der Waals surface area (Å²) in [5, 5.41) is 19.8. The first-order chi connectivity index (χ1) is 9.90. The van der Waals surface area contributed by atoms with Crippen molar-refractivity contribution in [3.8, 4) is 11.6 Å². The van der Waals surface area contributed by atoms with E-state index < -0.39 is 10.9 Å². The molecule has 0 aliphatic heterocycles. The molecule has 0 fully saturated rings. The van der Waals surface area contributed by atoms with Crippen LogP contribution in [-0.4, -0.2) is 21.0 Å². The van der Waals surface area contributed by atoms with Crippen LogP contribution in [0.2, 0.25) is 5.02 Å². The molecule has 0 atom stereocenters. The quantitative estimate of drug-likeness (QED) is 0.685. The Morgan fingerprint density at radius 2 is 2.19 bits per heavy atom. The lowest BCUT2D eigenvalue weighted by molar-refractivity contribution is -0.385. The van der Waals surface area contributed by atoms with Crippen LogP contribution < -0.4 is 4.74 Å². The van der Waals surface area contributed by atoms with E-state index in [1.807, 2.05) is 0 Å². The van der Waals surface area contributed by atoms with Gasteiger partial charge in [-0.2, -0.15) is 0 Å². The molecule has 0 bridgehead atoms. The van der Waals surface area contributed by atoms with Crippen molar-refractivity contribution in [2.24, 2.45) is 0 Å². The predicted molar refractivity (Wildman–Crippen MR) is 74.1 cm³/mol. The lowest BCUT2D eigenvalue weighted by atomic mass is 10.2. The Labute approximate surface area is 123 Å². The monoisotopic (exact) mass is 308 g/mol. The second-order valence-electron chi connectivity index (χ2n) is 4.10. The van der Waals surface area contributed by atoms with Crippen LogP contribution in [0, 0.1) is 17.0 Å². The number of nitrogens with zero attached hydrogens (tertiary/aromatic N) is 2. The van der Waals surface area contributed by atoms with Gasteiger partial charge >= 0.3 is 11.7 Å². The third-order valence-electron chi connectivity index (χ3n) is 2.64. The standard InChI is InChI=1S/C13H9ClN2O5/c1-7-3-2-4-10(16(19)20)11(7)21-12-9(14)5-8(6-15-12)13(17)18/h2-6H,1H3,(H,17,18). The van der Waals surface area contributed by atoms with E-state index in [1.165, 1.54) is 12.1 Å². The number of carboxylic acid groups (broad SMARTS) is 1. The molecule has 0 saturated heterocycles. The normalized spacial score (nSPS) is 10.2. The van der Waals surface area contributed by atoms with Crippen molar-refractivity contribution in [1.82, 2.24) is 4.98 Å². The van der Waals surface area contributed by atoms with Crippen molar-refractivity contribution in [3.63, 3.8) is 0 Å². The van der Waals surface area contributed by atoms with E-state index in [1.54, 1.807) is 13.0 Å². The van der Waals surface area contributed by atoms with Crippen LogP contribution in [0.3, 0.4) is 0 Å². The van der Waals surface area contributed by atoms with Gasteiger partial charge in [0.1, 0.15) is 5.02 Å². The molecule has 21 heavy (non-hydrogen) atoms. The average Bonchev–Trinajstić information content (AvgIpc) is 2.42. The van der Waals surface area contributed by atoms with Crippen molar-refractivity contribution in [1.29, 1.82) is 0 Å². The number of carbonyl (C=O) groups is 1. The Morgan fingerprint density at radius 1 is 1.48 bits per heavy atom. The topological polar surface area (TPSA) is 103 Å². The number of carboxylic acids is 1. The van der Waals surface area contributed by atoms with Crippen LogP contribution in [0.1, 0.15) is 15.9 Å². The minimum absolute atomic E-state index is 0.0139. The van der Waals surface area contributed by atoms with E-state index in [0.29, 0.717) is 5.56 Å². The second kappa shape index (κ2) is 5.76. The van der Waals surface area contributed by atoms with Gasteiger partial charge in [0.25, 0.3) is 0 Å². The Hall–Kier alpha value is -2.67. The van der Waals surface area contributed by atoms with Gasteiger partial charge in [0.05, 0.1) is 10.5 Å². The number of aromatic nitrogens is 1. The predicted octanol–water partition coefficient (Wildman–Crippen LogP) is 3.44.